The molecule has 0 saturated carbocycles. The first-order chi connectivity index (χ1) is 12.7. The third-order valence-corrected chi connectivity index (χ3v) is 4.32. The van der Waals surface area contributed by atoms with Crippen LogP contribution in [-0.2, 0) is 6.54 Å². The zero-order valence-corrected chi connectivity index (χ0v) is 14.3. The minimum atomic E-state index is -0.317. The summed E-state index contributed by atoms with van der Waals surface area (Å²) >= 11 is 0. The number of benzene rings is 1. The van der Waals surface area contributed by atoms with Crippen LogP contribution in [0, 0.1) is 12.7 Å². The lowest BCUT2D eigenvalue weighted by molar-refractivity contribution is 0.405. The second kappa shape index (κ2) is 6.47. The number of aryl methyl sites for hydroxylation is 1. The first-order valence-corrected chi connectivity index (χ1v) is 8.07. The van der Waals surface area contributed by atoms with Crippen molar-refractivity contribution >= 4 is 11.5 Å². The summed E-state index contributed by atoms with van der Waals surface area (Å²) in [5.41, 5.74) is 3.99. The number of aromatic nitrogens is 5. The van der Waals surface area contributed by atoms with Crippen molar-refractivity contribution in [3.05, 3.63) is 59.9 Å². The first-order valence-electron chi connectivity index (χ1n) is 8.07. The number of pyridine rings is 1. The Labute approximate surface area is 148 Å². The van der Waals surface area contributed by atoms with E-state index in [1.165, 1.54) is 13.2 Å². The quantitative estimate of drug-likeness (QED) is 0.577. The number of nitrogens with zero attached hydrogens (tertiary/aromatic N) is 4. The Hall–Kier alpha value is -3.42. The van der Waals surface area contributed by atoms with Crippen LogP contribution in [0.3, 0.4) is 0 Å². The average Bonchev–Trinajstić information content (AvgIpc) is 3.29. The highest BCUT2D eigenvalue weighted by molar-refractivity contribution is 5.79. The van der Waals surface area contributed by atoms with Gasteiger partial charge < -0.3 is 10.1 Å². The van der Waals surface area contributed by atoms with Gasteiger partial charge in [-0.3, -0.25) is 9.50 Å². The summed E-state index contributed by atoms with van der Waals surface area (Å²) in [7, 11) is 1.53. The molecule has 0 saturated heterocycles. The molecule has 0 atom stereocenters. The Balaban J connectivity index is 1.69. The molecule has 0 aliphatic carbocycles. The van der Waals surface area contributed by atoms with Gasteiger partial charge in [-0.15, -0.1) is 10.2 Å². The van der Waals surface area contributed by atoms with E-state index >= 15 is 0 Å². The number of fused-ring (bicyclic) bond motifs is 1. The molecular formula is C18H17FN6O. The second-order valence-electron chi connectivity index (χ2n) is 5.84. The number of aromatic amines is 1. The van der Waals surface area contributed by atoms with Crippen LogP contribution in [-0.4, -0.2) is 31.9 Å². The van der Waals surface area contributed by atoms with Crippen LogP contribution in [0.4, 0.5) is 10.2 Å². The number of rotatable bonds is 5. The van der Waals surface area contributed by atoms with E-state index in [0.29, 0.717) is 17.0 Å². The Morgan fingerprint density at radius 1 is 1.23 bits per heavy atom. The molecule has 0 aliphatic heterocycles. The molecule has 1 aromatic carbocycles. The molecule has 3 heterocycles. The van der Waals surface area contributed by atoms with Gasteiger partial charge in [-0.2, -0.15) is 5.10 Å². The topological polar surface area (TPSA) is 80.1 Å². The number of halogens is 1. The van der Waals surface area contributed by atoms with Crippen LogP contribution in [0.2, 0.25) is 0 Å². The first kappa shape index (κ1) is 16.1. The summed E-state index contributed by atoms with van der Waals surface area (Å²) in [6.45, 7) is 2.22. The number of anilines is 1. The summed E-state index contributed by atoms with van der Waals surface area (Å²) < 4.78 is 21.2. The summed E-state index contributed by atoms with van der Waals surface area (Å²) in [6, 6.07) is 8.63. The molecule has 0 fully saturated rings. The minimum Gasteiger partial charge on any atom is -0.496 e. The van der Waals surface area contributed by atoms with Gasteiger partial charge in [0.25, 0.3) is 0 Å². The Morgan fingerprint density at radius 3 is 2.88 bits per heavy atom. The third kappa shape index (κ3) is 2.65. The molecule has 132 valence electrons. The van der Waals surface area contributed by atoms with E-state index in [1.54, 1.807) is 24.7 Å². The summed E-state index contributed by atoms with van der Waals surface area (Å²) in [5, 5.41) is 18.4. The Bertz CT molecular complexity index is 1070. The van der Waals surface area contributed by atoms with E-state index in [1.807, 2.05) is 23.5 Å². The average molecular weight is 352 g/mol. The molecule has 8 heteroatoms. The molecule has 0 amide bonds. The van der Waals surface area contributed by atoms with E-state index in [2.05, 4.69) is 25.7 Å². The molecular weight excluding hydrogens is 335 g/mol. The van der Waals surface area contributed by atoms with Crippen molar-refractivity contribution in [3.8, 4) is 16.9 Å². The molecule has 0 bridgehead atoms. The van der Waals surface area contributed by atoms with Crippen LogP contribution < -0.4 is 10.1 Å². The maximum atomic E-state index is 14.1. The van der Waals surface area contributed by atoms with Crippen LogP contribution in [0.1, 0.15) is 11.3 Å². The van der Waals surface area contributed by atoms with Gasteiger partial charge >= 0.3 is 0 Å². The van der Waals surface area contributed by atoms with E-state index in [4.69, 9.17) is 4.74 Å². The Kier molecular flexibility index (Phi) is 4.00. The lowest BCUT2D eigenvalue weighted by Gasteiger charge is -2.13. The van der Waals surface area contributed by atoms with Crippen molar-refractivity contribution in [2.45, 2.75) is 13.5 Å². The highest BCUT2D eigenvalue weighted by Gasteiger charge is 2.14. The van der Waals surface area contributed by atoms with Crippen molar-refractivity contribution < 1.29 is 9.13 Å². The van der Waals surface area contributed by atoms with E-state index in [-0.39, 0.29) is 12.4 Å². The van der Waals surface area contributed by atoms with Crippen LogP contribution in [0.25, 0.3) is 16.8 Å². The van der Waals surface area contributed by atoms with Gasteiger partial charge in [0.15, 0.2) is 5.65 Å². The lowest BCUT2D eigenvalue weighted by Crippen LogP contribution is -2.07. The highest BCUT2D eigenvalue weighted by atomic mass is 19.1. The fourth-order valence-electron chi connectivity index (χ4n) is 2.97. The number of hydrogen-bond donors (Lipinski definition) is 2. The fraction of sp³-hybridized carbons (Fsp3) is 0.167. The van der Waals surface area contributed by atoms with Crippen molar-refractivity contribution in [2.75, 3.05) is 12.4 Å². The molecule has 4 aromatic rings. The number of methoxy groups -OCH3 is 1. The Morgan fingerprint density at radius 2 is 2.12 bits per heavy atom. The zero-order chi connectivity index (χ0) is 18.1. The third-order valence-electron chi connectivity index (χ3n) is 4.32. The minimum absolute atomic E-state index is 0.271. The van der Waals surface area contributed by atoms with Gasteiger partial charge in [0.1, 0.15) is 23.7 Å². The summed E-state index contributed by atoms with van der Waals surface area (Å²) in [6.07, 6.45) is 3.38. The van der Waals surface area contributed by atoms with Crippen LogP contribution >= 0.6 is 0 Å². The molecule has 26 heavy (non-hydrogen) atoms. The molecule has 3 aromatic heterocycles. The predicted octanol–water partition coefficient (Wildman–Crippen LogP) is 3.19. The van der Waals surface area contributed by atoms with Crippen molar-refractivity contribution in [2.24, 2.45) is 0 Å². The highest BCUT2D eigenvalue weighted by Crippen LogP contribution is 2.28. The maximum Gasteiger partial charge on any atom is 0.170 e. The van der Waals surface area contributed by atoms with E-state index < -0.39 is 0 Å². The number of ether oxygens (including phenoxy) is 1. The van der Waals surface area contributed by atoms with Gasteiger partial charge in [0.2, 0.25) is 0 Å². The van der Waals surface area contributed by atoms with Gasteiger partial charge in [-0.25, -0.2) is 4.39 Å². The molecule has 4 rings (SSSR count). The van der Waals surface area contributed by atoms with E-state index in [0.717, 1.165) is 22.6 Å². The predicted molar refractivity (Wildman–Crippen MR) is 95.6 cm³/mol. The summed E-state index contributed by atoms with van der Waals surface area (Å²) in [5.74, 6) is 0.936. The van der Waals surface area contributed by atoms with E-state index in [9.17, 15) is 4.39 Å². The van der Waals surface area contributed by atoms with Crippen LogP contribution in [0.15, 0.2) is 42.9 Å². The largest absolute Gasteiger partial charge is 0.496 e. The second-order valence-corrected chi connectivity index (χ2v) is 5.84. The molecule has 0 spiro atoms. The normalized spacial score (nSPS) is 11.0. The standard InChI is InChI=1S/C18H17FN6O/c1-11-13(9-21-23-11)12-6-7-17(25-10-22-24-18(12)25)20-8-14-15(19)4-3-5-16(14)26-2/h3-7,9-10,20H,8H2,1-2H3,(H,21,23). The maximum absolute atomic E-state index is 14.1. The van der Waals surface area contributed by atoms with Gasteiger partial charge in [0.05, 0.1) is 13.3 Å². The van der Waals surface area contributed by atoms with Crippen molar-refractivity contribution in [1.82, 2.24) is 24.8 Å². The zero-order valence-electron chi connectivity index (χ0n) is 14.3. The SMILES string of the molecule is COc1cccc(F)c1CNc1ccc(-c2cn[nH]c2C)c2nncn12. The number of nitrogens with one attached hydrogen (secondary N) is 2. The van der Waals surface area contributed by atoms with Crippen molar-refractivity contribution in [1.29, 1.82) is 0 Å². The van der Waals surface area contributed by atoms with Crippen molar-refractivity contribution in [3.63, 3.8) is 0 Å². The number of hydrogen-bond acceptors (Lipinski definition) is 5. The van der Waals surface area contributed by atoms with Gasteiger partial charge in [-0.05, 0) is 31.2 Å². The molecule has 0 radical (unpaired) electrons. The smallest absolute Gasteiger partial charge is 0.170 e. The van der Waals surface area contributed by atoms with Gasteiger partial charge in [0, 0.05) is 28.9 Å². The molecule has 0 unspecified atom stereocenters. The molecule has 2 N–H and O–H groups in total. The molecule has 7 nitrogen and oxygen atoms in total. The van der Waals surface area contributed by atoms with Gasteiger partial charge in [-0.1, -0.05) is 6.07 Å². The van der Waals surface area contributed by atoms with Crippen LogP contribution in [0.5, 0.6) is 5.75 Å². The molecule has 0 aliphatic rings. The summed E-state index contributed by atoms with van der Waals surface area (Å²) in [4.78, 5) is 0. The fourth-order valence-corrected chi connectivity index (χ4v) is 2.97. The number of H-pyrrole nitrogens is 1. The lowest BCUT2D eigenvalue weighted by atomic mass is 10.1. The monoisotopic (exact) mass is 352 g/mol.